The van der Waals surface area contributed by atoms with E-state index in [1.54, 1.807) is 0 Å². The van der Waals surface area contributed by atoms with Gasteiger partial charge in [0.05, 0.1) is 5.92 Å². The highest BCUT2D eigenvalue weighted by molar-refractivity contribution is 5.37. The van der Waals surface area contributed by atoms with E-state index in [4.69, 9.17) is 0 Å². The van der Waals surface area contributed by atoms with Crippen molar-refractivity contribution in [2.24, 2.45) is 0 Å². The van der Waals surface area contributed by atoms with Gasteiger partial charge in [-0.05, 0) is 48.9 Å². The molecule has 0 saturated carbocycles. The summed E-state index contributed by atoms with van der Waals surface area (Å²) in [4.78, 5) is 10.9. The molecule has 3 heterocycles. The number of hydrogen-bond donors (Lipinski definition) is 2. The maximum atomic E-state index is 4.26. The van der Waals surface area contributed by atoms with Crippen LogP contribution in [0.5, 0.6) is 0 Å². The Kier molecular flexibility index (Phi) is 2.73. The third kappa shape index (κ3) is 1.95. The standard InChI is InChI=1S/C15H15N3/c1-11-10-12(6-9-16-11)15(13-4-2-7-17-13)14-5-3-8-18-14/h2-10,15,17-18H,1H3. The van der Waals surface area contributed by atoms with Crippen LogP contribution in [-0.4, -0.2) is 15.0 Å². The molecular weight excluding hydrogens is 222 g/mol. The highest BCUT2D eigenvalue weighted by atomic mass is 14.7. The van der Waals surface area contributed by atoms with E-state index < -0.39 is 0 Å². The van der Waals surface area contributed by atoms with Crippen LogP contribution >= 0.6 is 0 Å². The topological polar surface area (TPSA) is 44.5 Å². The highest BCUT2D eigenvalue weighted by Crippen LogP contribution is 2.29. The minimum atomic E-state index is 0.205. The molecule has 0 radical (unpaired) electrons. The largest absolute Gasteiger partial charge is 0.364 e. The third-order valence-corrected chi connectivity index (χ3v) is 3.12. The maximum Gasteiger partial charge on any atom is 0.0642 e. The van der Waals surface area contributed by atoms with Crippen LogP contribution in [0.4, 0.5) is 0 Å². The van der Waals surface area contributed by atoms with Crippen molar-refractivity contribution in [3.05, 3.63) is 77.6 Å². The van der Waals surface area contributed by atoms with Crippen LogP contribution in [0.2, 0.25) is 0 Å². The second-order valence-corrected chi connectivity index (χ2v) is 4.41. The molecule has 0 bridgehead atoms. The molecule has 0 amide bonds. The van der Waals surface area contributed by atoms with Gasteiger partial charge in [0.2, 0.25) is 0 Å². The smallest absolute Gasteiger partial charge is 0.0642 e. The molecule has 3 rings (SSSR count). The predicted molar refractivity (Wildman–Crippen MR) is 71.5 cm³/mol. The average molecular weight is 237 g/mol. The van der Waals surface area contributed by atoms with Crippen LogP contribution in [-0.2, 0) is 0 Å². The quantitative estimate of drug-likeness (QED) is 0.721. The molecule has 0 aliphatic heterocycles. The first-order chi connectivity index (χ1) is 8.84. The molecule has 0 aliphatic carbocycles. The van der Waals surface area contributed by atoms with E-state index in [-0.39, 0.29) is 5.92 Å². The summed E-state index contributed by atoms with van der Waals surface area (Å²) in [5.74, 6) is 0.205. The number of nitrogens with zero attached hydrogens (tertiary/aromatic N) is 1. The van der Waals surface area contributed by atoms with E-state index in [1.165, 1.54) is 17.0 Å². The van der Waals surface area contributed by atoms with E-state index in [2.05, 4.69) is 39.2 Å². The number of aromatic nitrogens is 3. The molecule has 3 heteroatoms. The van der Waals surface area contributed by atoms with Gasteiger partial charge in [0.1, 0.15) is 0 Å². The lowest BCUT2D eigenvalue weighted by molar-refractivity contribution is 0.890. The Balaban J connectivity index is 2.11. The minimum Gasteiger partial charge on any atom is -0.364 e. The number of aromatic amines is 2. The summed E-state index contributed by atoms with van der Waals surface area (Å²) in [6.45, 7) is 2.02. The zero-order valence-corrected chi connectivity index (χ0v) is 10.2. The molecule has 3 aromatic heterocycles. The Bertz CT molecular complexity index is 575. The van der Waals surface area contributed by atoms with E-state index >= 15 is 0 Å². The summed E-state index contributed by atoms with van der Waals surface area (Å²) >= 11 is 0. The summed E-state index contributed by atoms with van der Waals surface area (Å²) in [5, 5.41) is 0. The fraction of sp³-hybridized carbons (Fsp3) is 0.133. The molecule has 0 atom stereocenters. The number of nitrogens with one attached hydrogen (secondary N) is 2. The maximum absolute atomic E-state index is 4.26. The molecule has 3 nitrogen and oxygen atoms in total. The molecule has 0 spiro atoms. The highest BCUT2D eigenvalue weighted by Gasteiger charge is 2.18. The predicted octanol–water partition coefficient (Wildman–Crippen LogP) is 3.23. The number of pyridine rings is 1. The van der Waals surface area contributed by atoms with Gasteiger partial charge < -0.3 is 9.97 Å². The van der Waals surface area contributed by atoms with Crippen molar-refractivity contribution >= 4 is 0 Å². The first-order valence-corrected chi connectivity index (χ1v) is 6.04. The molecular formula is C15H15N3. The van der Waals surface area contributed by atoms with Crippen LogP contribution in [0.15, 0.2) is 55.0 Å². The van der Waals surface area contributed by atoms with Crippen molar-refractivity contribution in [3.8, 4) is 0 Å². The molecule has 90 valence electrons. The minimum absolute atomic E-state index is 0.205. The lowest BCUT2D eigenvalue weighted by Gasteiger charge is -2.15. The summed E-state index contributed by atoms with van der Waals surface area (Å²) < 4.78 is 0. The van der Waals surface area contributed by atoms with Crippen molar-refractivity contribution in [2.45, 2.75) is 12.8 Å². The lowest BCUT2D eigenvalue weighted by atomic mass is 9.93. The molecule has 0 saturated heterocycles. The fourth-order valence-electron chi connectivity index (χ4n) is 2.32. The van der Waals surface area contributed by atoms with Gasteiger partial charge in [-0.25, -0.2) is 0 Å². The Morgan fingerprint density at radius 3 is 2.17 bits per heavy atom. The fourth-order valence-corrected chi connectivity index (χ4v) is 2.32. The molecule has 18 heavy (non-hydrogen) atoms. The second-order valence-electron chi connectivity index (χ2n) is 4.41. The lowest BCUT2D eigenvalue weighted by Crippen LogP contribution is -2.04. The van der Waals surface area contributed by atoms with Crippen LogP contribution in [0.25, 0.3) is 0 Å². The zero-order chi connectivity index (χ0) is 12.4. The van der Waals surface area contributed by atoms with Crippen molar-refractivity contribution in [3.63, 3.8) is 0 Å². The number of aryl methyl sites for hydroxylation is 1. The SMILES string of the molecule is Cc1cc(C(c2ccc[nH]2)c2ccc[nH]2)ccn1. The second kappa shape index (κ2) is 4.53. The van der Waals surface area contributed by atoms with Crippen molar-refractivity contribution < 1.29 is 0 Å². The first-order valence-electron chi connectivity index (χ1n) is 6.04. The Morgan fingerprint density at radius 1 is 1.00 bits per heavy atom. The van der Waals surface area contributed by atoms with Gasteiger partial charge in [0.25, 0.3) is 0 Å². The van der Waals surface area contributed by atoms with Crippen LogP contribution in [0.3, 0.4) is 0 Å². The van der Waals surface area contributed by atoms with E-state index in [1.807, 2.05) is 37.6 Å². The summed E-state index contributed by atoms with van der Waals surface area (Å²) in [5.41, 5.74) is 4.65. The Labute approximate surface area is 106 Å². The Morgan fingerprint density at radius 2 is 1.67 bits per heavy atom. The molecule has 0 unspecified atom stereocenters. The third-order valence-electron chi connectivity index (χ3n) is 3.12. The van der Waals surface area contributed by atoms with E-state index in [9.17, 15) is 0 Å². The first kappa shape index (κ1) is 10.8. The summed E-state index contributed by atoms with van der Waals surface area (Å²) in [6.07, 6.45) is 5.78. The van der Waals surface area contributed by atoms with Crippen molar-refractivity contribution in [1.82, 2.24) is 15.0 Å². The van der Waals surface area contributed by atoms with Crippen molar-refractivity contribution in [2.75, 3.05) is 0 Å². The van der Waals surface area contributed by atoms with Gasteiger partial charge in [-0.3, -0.25) is 4.98 Å². The average Bonchev–Trinajstić information content (AvgIpc) is 3.02. The molecule has 2 N–H and O–H groups in total. The van der Waals surface area contributed by atoms with Gasteiger partial charge in [0, 0.05) is 35.7 Å². The molecule has 0 fully saturated rings. The van der Waals surface area contributed by atoms with E-state index in [0.29, 0.717) is 0 Å². The van der Waals surface area contributed by atoms with E-state index in [0.717, 1.165) is 5.69 Å². The summed E-state index contributed by atoms with van der Waals surface area (Å²) in [6, 6.07) is 12.5. The monoisotopic (exact) mass is 237 g/mol. The normalized spacial score (nSPS) is 11.0. The van der Waals surface area contributed by atoms with Gasteiger partial charge in [-0.15, -0.1) is 0 Å². The van der Waals surface area contributed by atoms with Gasteiger partial charge in [-0.1, -0.05) is 0 Å². The molecule has 3 aromatic rings. The zero-order valence-electron chi connectivity index (χ0n) is 10.2. The number of H-pyrrole nitrogens is 2. The van der Waals surface area contributed by atoms with Crippen LogP contribution in [0.1, 0.15) is 28.6 Å². The molecule has 0 aromatic carbocycles. The van der Waals surface area contributed by atoms with Crippen LogP contribution < -0.4 is 0 Å². The Hall–Kier alpha value is -2.29. The summed E-state index contributed by atoms with van der Waals surface area (Å²) in [7, 11) is 0. The molecule has 0 aliphatic rings. The van der Waals surface area contributed by atoms with Gasteiger partial charge >= 0.3 is 0 Å². The van der Waals surface area contributed by atoms with Crippen molar-refractivity contribution in [1.29, 1.82) is 0 Å². The number of hydrogen-bond acceptors (Lipinski definition) is 1. The van der Waals surface area contributed by atoms with Gasteiger partial charge in [-0.2, -0.15) is 0 Å². The van der Waals surface area contributed by atoms with Crippen LogP contribution in [0, 0.1) is 6.92 Å². The number of rotatable bonds is 3. The van der Waals surface area contributed by atoms with Gasteiger partial charge in [0.15, 0.2) is 0 Å².